The van der Waals surface area contributed by atoms with E-state index in [1.54, 1.807) is 0 Å². The average molecular weight is 203 g/mol. The van der Waals surface area contributed by atoms with Crippen LogP contribution in [0.25, 0.3) is 0 Å². The van der Waals surface area contributed by atoms with Crippen LogP contribution in [0, 0.1) is 18.8 Å². The van der Waals surface area contributed by atoms with E-state index in [1.165, 1.54) is 31.6 Å². The molecule has 1 aliphatic rings. The summed E-state index contributed by atoms with van der Waals surface area (Å²) in [5.41, 5.74) is 1.17. The summed E-state index contributed by atoms with van der Waals surface area (Å²) < 4.78 is 1.93. The van der Waals surface area contributed by atoms with Crippen molar-refractivity contribution in [3.8, 4) is 11.8 Å². The minimum Gasteiger partial charge on any atom is -0.292 e. The molecule has 1 aromatic rings. The number of aryl methyl sites for hydroxylation is 1. The van der Waals surface area contributed by atoms with Gasteiger partial charge in [0.15, 0.2) is 0 Å². The van der Waals surface area contributed by atoms with Gasteiger partial charge in [-0.25, -0.2) is 0 Å². The van der Waals surface area contributed by atoms with Crippen molar-refractivity contribution in [1.82, 2.24) is 14.7 Å². The molecule has 0 N–H and O–H groups in total. The second kappa shape index (κ2) is 4.99. The number of hydrogen-bond acceptors (Lipinski definition) is 2. The Hall–Kier alpha value is -1.27. The van der Waals surface area contributed by atoms with Crippen LogP contribution in [0.4, 0.5) is 0 Å². The van der Waals surface area contributed by atoms with Crippen LogP contribution in [0.15, 0.2) is 12.3 Å². The molecule has 15 heavy (non-hydrogen) atoms. The fraction of sp³-hybridized carbons (Fsp3) is 0.583. The Kier molecular flexibility index (Phi) is 3.41. The van der Waals surface area contributed by atoms with Crippen LogP contribution in [0.5, 0.6) is 0 Å². The number of aromatic nitrogens is 2. The van der Waals surface area contributed by atoms with Gasteiger partial charge in [-0.15, -0.1) is 0 Å². The number of likely N-dealkylation sites (tertiary alicyclic amines) is 1. The maximum Gasteiger partial charge on any atom is 0.102 e. The Morgan fingerprint density at radius 2 is 2.00 bits per heavy atom. The minimum atomic E-state index is 0.715. The highest BCUT2D eigenvalue weighted by atomic mass is 15.3. The smallest absolute Gasteiger partial charge is 0.102 e. The van der Waals surface area contributed by atoms with Crippen LogP contribution in [-0.2, 0) is 6.54 Å². The van der Waals surface area contributed by atoms with Crippen molar-refractivity contribution in [2.75, 3.05) is 19.6 Å². The predicted molar refractivity (Wildman–Crippen MR) is 60.4 cm³/mol. The van der Waals surface area contributed by atoms with E-state index >= 15 is 0 Å². The molecule has 0 aliphatic carbocycles. The van der Waals surface area contributed by atoms with Gasteiger partial charge in [-0.1, -0.05) is 11.8 Å². The van der Waals surface area contributed by atoms with E-state index in [0.717, 1.165) is 6.54 Å². The third kappa shape index (κ3) is 2.84. The van der Waals surface area contributed by atoms with E-state index in [4.69, 9.17) is 0 Å². The Bertz CT molecular complexity index is 364. The van der Waals surface area contributed by atoms with Crippen LogP contribution in [0.1, 0.15) is 18.5 Å². The maximum atomic E-state index is 4.19. The number of hydrogen-bond donors (Lipinski definition) is 0. The second-order valence-corrected chi connectivity index (χ2v) is 3.97. The molecule has 1 aliphatic heterocycles. The highest BCUT2D eigenvalue weighted by Crippen LogP contribution is 2.05. The summed E-state index contributed by atoms with van der Waals surface area (Å²) in [6.45, 7) is 6.12. The normalized spacial score (nSPS) is 16.3. The van der Waals surface area contributed by atoms with E-state index in [-0.39, 0.29) is 0 Å². The molecule has 1 fully saturated rings. The molecular formula is C12H17N3. The van der Waals surface area contributed by atoms with Crippen molar-refractivity contribution in [2.24, 2.45) is 0 Å². The molecule has 0 saturated carbocycles. The Morgan fingerprint density at radius 1 is 1.27 bits per heavy atom. The highest BCUT2D eigenvalue weighted by Gasteiger charge is 2.08. The van der Waals surface area contributed by atoms with Gasteiger partial charge in [0.1, 0.15) is 6.54 Å². The van der Waals surface area contributed by atoms with E-state index in [0.29, 0.717) is 6.54 Å². The lowest BCUT2D eigenvalue weighted by molar-refractivity contribution is 0.383. The molecule has 0 atom stereocenters. The summed E-state index contributed by atoms with van der Waals surface area (Å²) in [5, 5.41) is 4.19. The third-order valence-electron chi connectivity index (χ3n) is 2.78. The fourth-order valence-corrected chi connectivity index (χ4v) is 1.80. The topological polar surface area (TPSA) is 21.1 Å². The molecule has 0 radical (unpaired) electrons. The molecule has 3 nitrogen and oxygen atoms in total. The first kappa shape index (κ1) is 10.3. The van der Waals surface area contributed by atoms with Crippen LogP contribution in [0.3, 0.4) is 0 Å². The monoisotopic (exact) mass is 203 g/mol. The van der Waals surface area contributed by atoms with Gasteiger partial charge in [0.2, 0.25) is 0 Å². The summed E-state index contributed by atoms with van der Waals surface area (Å²) in [5.74, 6) is 6.37. The molecular weight excluding hydrogens is 186 g/mol. The Balaban J connectivity index is 1.77. The van der Waals surface area contributed by atoms with Gasteiger partial charge in [0.25, 0.3) is 0 Å². The van der Waals surface area contributed by atoms with E-state index in [9.17, 15) is 0 Å². The average Bonchev–Trinajstić information content (AvgIpc) is 2.85. The largest absolute Gasteiger partial charge is 0.292 e. The zero-order valence-electron chi connectivity index (χ0n) is 9.24. The quantitative estimate of drug-likeness (QED) is 0.675. The zero-order chi connectivity index (χ0) is 10.5. The molecule has 2 heterocycles. The molecule has 0 aromatic carbocycles. The first-order valence-corrected chi connectivity index (χ1v) is 5.53. The summed E-state index contributed by atoms with van der Waals surface area (Å²) in [6, 6.07) is 2.00. The fourth-order valence-electron chi connectivity index (χ4n) is 1.80. The van der Waals surface area contributed by atoms with Gasteiger partial charge in [0, 0.05) is 11.9 Å². The standard InChI is InChI=1S/C12H17N3/c1-12-6-7-13-15(12)11-5-4-10-14-8-2-3-9-14/h6-7H,2-3,8-11H2,1H3. The molecule has 2 rings (SSSR count). The van der Waals surface area contributed by atoms with Crippen molar-refractivity contribution >= 4 is 0 Å². The van der Waals surface area contributed by atoms with Gasteiger partial charge in [-0.2, -0.15) is 5.10 Å². The highest BCUT2D eigenvalue weighted by molar-refractivity contribution is 5.05. The van der Waals surface area contributed by atoms with Crippen LogP contribution < -0.4 is 0 Å². The first-order chi connectivity index (χ1) is 7.36. The summed E-state index contributed by atoms with van der Waals surface area (Å²) in [7, 11) is 0. The van der Waals surface area contributed by atoms with Gasteiger partial charge in [-0.05, 0) is 38.9 Å². The van der Waals surface area contributed by atoms with Crippen molar-refractivity contribution in [2.45, 2.75) is 26.3 Å². The zero-order valence-corrected chi connectivity index (χ0v) is 9.24. The lowest BCUT2D eigenvalue weighted by Crippen LogP contribution is -2.19. The predicted octanol–water partition coefficient (Wildman–Crippen LogP) is 1.29. The van der Waals surface area contributed by atoms with Gasteiger partial charge in [0.05, 0.1) is 6.54 Å². The van der Waals surface area contributed by atoms with Crippen molar-refractivity contribution < 1.29 is 0 Å². The summed E-state index contributed by atoms with van der Waals surface area (Å²) in [6.07, 6.45) is 4.48. The minimum absolute atomic E-state index is 0.715. The van der Waals surface area contributed by atoms with Crippen molar-refractivity contribution in [3.63, 3.8) is 0 Å². The van der Waals surface area contributed by atoms with Crippen LogP contribution in [-0.4, -0.2) is 34.3 Å². The Labute approximate surface area is 91.1 Å². The van der Waals surface area contributed by atoms with Crippen LogP contribution in [0.2, 0.25) is 0 Å². The second-order valence-electron chi connectivity index (χ2n) is 3.97. The molecule has 1 aromatic heterocycles. The number of rotatable bonds is 2. The maximum absolute atomic E-state index is 4.19. The lowest BCUT2D eigenvalue weighted by Gasteiger charge is -2.08. The summed E-state index contributed by atoms with van der Waals surface area (Å²) in [4.78, 5) is 2.41. The third-order valence-corrected chi connectivity index (χ3v) is 2.78. The molecule has 1 saturated heterocycles. The molecule has 0 amide bonds. The van der Waals surface area contributed by atoms with E-state index < -0.39 is 0 Å². The molecule has 3 heteroatoms. The number of nitrogens with zero attached hydrogens (tertiary/aromatic N) is 3. The van der Waals surface area contributed by atoms with E-state index in [2.05, 4.69) is 28.8 Å². The SMILES string of the molecule is Cc1ccnn1CC#CCN1CCCC1. The van der Waals surface area contributed by atoms with Gasteiger partial charge in [-0.3, -0.25) is 9.58 Å². The molecule has 0 spiro atoms. The van der Waals surface area contributed by atoms with Gasteiger partial charge < -0.3 is 0 Å². The lowest BCUT2D eigenvalue weighted by atomic mass is 10.4. The Morgan fingerprint density at radius 3 is 2.67 bits per heavy atom. The molecule has 80 valence electrons. The van der Waals surface area contributed by atoms with Crippen molar-refractivity contribution in [1.29, 1.82) is 0 Å². The van der Waals surface area contributed by atoms with Crippen LogP contribution >= 0.6 is 0 Å². The van der Waals surface area contributed by atoms with E-state index in [1.807, 2.05) is 16.9 Å². The summed E-state index contributed by atoms with van der Waals surface area (Å²) >= 11 is 0. The molecule has 0 unspecified atom stereocenters. The first-order valence-electron chi connectivity index (χ1n) is 5.53. The molecule has 0 bridgehead atoms. The van der Waals surface area contributed by atoms with Crippen molar-refractivity contribution in [3.05, 3.63) is 18.0 Å². The van der Waals surface area contributed by atoms with Gasteiger partial charge >= 0.3 is 0 Å².